The summed E-state index contributed by atoms with van der Waals surface area (Å²) in [6, 6.07) is 7.82. The number of anilines is 1. The average Bonchev–Trinajstić information content (AvgIpc) is 2.61. The molecule has 3 nitrogen and oxygen atoms in total. The number of nitrogens with zero attached hydrogens (tertiary/aromatic N) is 1. The summed E-state index contributed by atoms with van der Waals surface area (Å²) in [5.74, 6) is 0.122. The second-order valence-electron chi connectivity index (χ2n) is 5.59. The van der Waals surface area contributed by atoms with Crippen LogP contribution in [0.25, 0.3) is 0 Å². The molecule has 0 saturated carbocycles. The lowest BCUT2D eigenvalue weighted by atomic mass is 9.46. The van der Waals surface area contributed by atoms with Gasteiger partial charge in [-0.2, -0.15) is 0 Å². The normalized spacial score (nSPS) is 15.5. The van der Waals surface area contributed by atoms with Gasteiger partial charge in [-0.15, -0.1) is 0 Å². The highest BCUT2D eigenvalue weighted by atomic mass is 16.2. The van der Waals surface area contributed by atoms with Crippen LogP contribution < -0.4 is 5.32 Å². The number of amides is 1. The molecule has 0 atom stereocenters. The third kappa shape index (κ3) is 7.58. The van der Waals surface area contributed by atoms with E-state index in [1.54, 1.807) is 0 Å². The predicted octanol–water partition coefficient (Wildman–Crippen LogP) is 5.14. The van der Waals surface area contributed by atoms with Crippen molar-refractivity contribution in [3.63, 3.8) is 0 Å². The summed E-state index contributed by atoms with van der Waals surface area (Å²) < 4.78 is 0. The van der Waals surface area contributed by atoms with Gasteiger partial charge in [-0.05, 0) is 18.6 Å². The summed E-state index contributed by atoms with van der Waals surface area (Å²) in [6.45, 7) is 12.9. The minimum absolute atomic E-state index is 0.122. The van der Waals surface area contributed by atoms with E-state index in [0.717, 1.165) is 37.5 Å². The lowest BCUT2D eigenvalue weighted by molar-refractivity contribution is 0.0794. The molecule has 1 amide bonds. The van der Waals surface area contributed by atoms with E-state index in [9.17, 15) is 4.79 Å². The van der Waals surface area contributed by atoms with Crippen molar-refractivity contribution in [2.24, 2.45) is 0 Å². The molecule has 0 aromatic heterocycles. The number of hydrogen-bond donors (Lipinski definition) is 1. The van der Waals surface area contributed by atoms with Gasteiger partial charge < -0.3 is 10.2 Å². The summed E-state index contributed by atoms with van der Waals surface area (Å²) in [4.78, 5) is 14.2. The van der Waals surface area contributed by atoms with Crippen LogP contribution in [0.2, 0.25) is 19.5 Å². The van der Waals surface area contributed by atoms with E-state index in [0.29, 0.717) is 0 Å². The van der Waals surface area contributed by atoms with Gasteiger partial charge in [0.2, 0.25) is 0 Å². The molecule has 0 saturated heterocycles. The Kier molecular flexibility index (Phi) is 12.2. The third-order valence-electron chi connectivity index (χ3n) is 3.90. The van der Waals surface area contributed by atoms with Crippen molar-refractivity contribution in [2.45, 2.75) is 60.0 Å². The fourth-order valence-electron chi connectivity index (χ4n) is 2.57. The molecule has 1 aliphatic heterocycles. The first-order chi connectivity index (χ1) is 11.2. The van der Waals surface area contributed by atoms with Gasteiger partial charge in [0.25, 0.3) is 5.91 Å². The van der Waals surface area contributed by atoms with Crippen molar-refractivity contribution in [1.29, 1.82) is 0 Å². The molecular weight excluding hydrogens is 283 g/mol. The summed E-state index contributed by atoms with van der Waals surface area (Å²) >= 11 is 0. The lowest BCUT2D eigenvalue weighted by Gasteiger charge is -2.21. The highest BCUT2D eigenvalue weighted by Gasteiger charge is 2.16. The summed E-state index contributed by atoms with van der Waals surface area (Å²) in [7, 11) is 1.90. The maximum Gasteiger partial charge on any atom is 0.255 e. The molecule has 1 aromatic carbocycles. The monoisotopic (exact) mass is 318 g/mol. The first kappa shape index (κ1) is 21.6. The predicted molar refractivity (Wildman–Crippen MR) is 105 cm³/mol. The number of carbonyl (C=O) groups is 1. The van der Waals surface area contributed by atoms with E-state index in [-0.39, 0.29) is 5.91 Å². The Hall–Kier alpha value is -1.45. The number of benzene rings is 1. The number of carbonyl (C=O) groups excluding carboxylic acids is 1. The smallest absolute Gasteiger partial charge is 0.255 e. The number of nitrogens with one attached hydrogen (secondary N) is 1. The molecule has 130 valence electrons. The van der Waals surface area contributed by atoms with Crippen molar-refractivity contribution < 1.29 is 4.79 Å². The van der Waals surface area contributed by atoms with Crippen LogP contribution in [-0.4, -0.2) is 37.7 Å². The van der Waals surface area contributed by atoms with Crippen molar-refractivity contribution in [3.8, 4) is 0 Å². The van der Waals surface area contributed by atoms with E-state index in [1.165, 1.54) is 19.1 Å². The van der Waals surface area contributed by atoms with Gasteiger partial charge in [-0.25, -0.2) is 0 Å². The number of para-hydroxylation sites is 1. The molecule has 0 bridgehead atoms. The Morgan fingerprint density at radius 3 is 2.39 bits per heavy atom. The van der Waals surface area contributed by atoms with Gasteiger partial charge in [0, 0.05) is 25.8 Å². The van der Waals surface area contributed by atoms with Gasteiger partial charge in [0.1, 0.15) is 6.71 Å². The molecule has 4 heteroatoms. The highest BCUT2D eigenvalue weighted by Crippen LogP contribution is 2.18. The van der Waals surface area contributed by atoms with Crippen molar-refractivity contribution in [2.75, 3.05) is 25.5 Å². The molecule has 0 radical (unpaired) electrons. The van der Waals surface area contributed by atoms with E-state index >= 15 is 0 Å². The maximum absolute atomic E-state index is 12.4. The van der Waals surface area contributed by atoms with Gasteiger partial charge in [0.05, 0.1) is 5.56 Å². The summed E-state index contributed by atoms with van der Waals surface area (Å²) in [6.07, 6.45) is 4.73. The first-order valence-electron chi connectivity index (χ1n) is 9.27. The minimum atomic E-state index is 0.122. The summed E-state index contributed by atoms with van der Waals surface area (Å²) in [5, 5.41) is 3.41. The highest BCUT2D eigenvalue weighted by molar-refractivity contribution is 6.57. The fourth-order valence-corrected chi connectivity index (χ4v) is 2.57. The fraction of sp³-hybridized carbons (Fsp3) is 0.632. The van der Waals surface area contributed by atoms with Crippen LogP contribution in [0.15, 0.2) is 24.3 Å². The minimum Gasteiger partial charge on any atom is -0.385 e. The number of hydrogen-bond acceptors (Lipinski definition) is 2. The second kappa shape index (κ2) is 13.0. The molecule has 0 unspecified atom stereocenters. The molecule has 0 fully saturated rings. The average molecular weight is 318 g/mol. The molecule has 23 heavy (non-hydrogen) atoms. The molecule has 0 spiro atoms. The molecular formula is C19H35BN2O. The van der Waals surface area contributed by atoms with Crippen LogP contribution >= 0.6 is 0 Å². The Balaban J connectivity index is 0.00000112. The molecule has 2 rings (SSSR count). The van der Waals surface area contributed by atoms with Crippen LogP contribution in [0.1, 0.15) is 50.9 Å². The lowest BCUT2D eigenvalue weighted by Crippen LogP contribution is -2.29. The molecule has 1 aromatic rings. The van der Waals surface area contributed by atoms with Crippen LogP contribution in [0.5, 0.6) is 0 Å². The van der Waals surface area contributed by atoms with Crippen LogP contribution in [-0.2, 0) is 0 Å². The van der Waals surface area contributed by atoms with Gasteiger partial charge >= 0.3 is 0 Å². The van der Waals surface area contributed by atoms with E-state index in [2.05, 4.69) is 12.1 Å². The van der Waals surface area contributed by atoms with Gasteiger partial charge in [-0.3, -0.25) is 4.79 Å². The zero-order valence-electron chi connectivity index (χ0n) is 16.0. The number of rotatable bonds is 0. The molecule has 1 heterocycles. The summed E-state index contributed by atoms with van der Waals surface area (Å²) in [5.41, 5.74) is 1.75. The van der Waals surface area contributed by atoms with E-state index in [4.69, 9.17) is 0 Å². The largest absolute Gasteiger partial charge is 0.385 e. The van der Waals surface area contributed by atoms with Crippen LogP contribution in [0.4, 0.5) is 5.69 Å². The zero-order valence-corrected chi connectivity index (χ0v) is 16.0. The Morgan fingerprint density at radius 2 is 1.70 bits per heavy atom. The molecule has 1 aliphatic rings. The van der Waals surface area contributed by atoms with Crippen molar-refractivity contribution in [1.82, 2.24) is 4.90 Å². The quantitative estimate of drug-likeness (QED) is 0.672. The third-order valence-corrected chi connectivity index (χ3v) is 3.90. The van der Waals surface area contributed by atoms with Crippen LogP contribution in [0, 0.1) is 0 Å². The molecule has 1 N–H and O–H groups in total. The molecule has 0 aliphatic carbocycles. The van der Waals surface area contributed by atoms with Crippen molar-refractivity contribution >= 4 is 18.3 Å². The Labute approximate surface area is 143 Å². The van der Waals surface area contributed by atoms with Gasteiger partial charge in [0.15, 0.2) is 0 Å². The zero-order chi connectivity index (χ0) is 17.7. The number of fused-ring (bicyclic) bond motifs is 1. The van der Waals surface area contributed by atoms with Gasteiger partial charge in [-0.1, -0.05) is 65.7 Å². The first-order valence-corrected chi connectivity index (χ1v) is 9.27. The second-order valence-corrected chi connectivity index (χ2v) is 5.59. The standard InChI is InChI=1S/C15H23BN2O.2C2H6/c1-16-9-5-6-12-18(2)15(19)13-7-3-4-8-14(13)17-11-10-16;2*1-2/h3-4,7-8,17H,5-6,9-12H2,1-2H3;2*1-2H3. The van der Waals surface area contributed by atoms with E-state index in [1.807, 2.05) is 63.9 Å². The van der Waals surface area contributed by atoms with Crippen LogP contribution in [0.3, 0.4) is 0 Å². The Morgan fingerprint density at radius 1 is 1.04 bits per heavy atom. The Bertz CT molecular complexity index is 437. The topological polar surface area (TPSA) is 32.3 Å². The SMILES string of the molecule is CB1CCCCN(C)C(=O)c2ccccc2NCC1.CC.CC. The maximum atomic E-state index is 12.4. The van der Waals surface area contributed by atoms with E-state index < -0.39 is 0 Å². The van der Waals surface area contributed by atoms with Crippen molar-refractivity contribution in [3.05, 3.63) is 29.8 Å².